The largest absolute Gasteiger partial charge is 0.497 e. The van der Waals surface area contributed by atoms with Crippen LogP contribution >= 0.6 is 0 Å². The zero-order valence-corrected chi connectivity index (χ0v) is 16.1. The van der Waals surface area contributed by atoms with Gasteiger partial charge >= 0.3 is 0 Å². The molecule has 0 unspecified atom stereocenters. The molecule has 2 amide bonds. The average Bonchev–Trinajstić information content (AvgIpc) is 3.28. The van der Waals surface area contributed by atoms with Gasteiger partial charge in [0.2, 0.25) is 5.91 Å². The van der Waals surface area contributed by atoms with Crippen LogP contribution < -0.4 is 10.1 Å². The summed E-state index contributed by atoms with van der Waals surface area (Å²) in [6.07, 6.45) is 5.11. The Morgan fingerprint density at radius 1 is 1.11 bits per heavy atom. The van der Waals surface area contributed by atoms with Crippen LogP contribution in [0.2, 0.25) is 0 Å². The number of ether oxygens (including phenoxy) is 1. The third-order valence-corrected chi connectivity index (χ3v) is 6.49. The lowest BCUT2D eigenvalue weighted by atomic mass is 9.76. The van der Waals surface area contributed by atoms with E-state index in [2.05, 4.69) is 10.3 Å². The number of benzene rings is 1. The van der Waals surface area contributed by atoms with Gasteiger partial charge in [-0.2, -0.15) is 0 Å². The minimum atomic E-state index is -0.663. The molecule has 144 valence electrons. The van der Waals surface area contributed by atoms with Crippen molar-refractivity contribution in [2.75, 3.05) is 20.2 Å². The van der Waals surface area contributed by atoms with Gasteiger partial charge in [-0.05, 0) is 50.3 Å². The van der Waals surface area contributed by atoms with Crippen LogP contribution in [0.5, 0.6) is 5.75 Å². The van der Waals surface area contributed by atoms with Crippen LogP contribution in [-0.2, 0) is 15.0 Å². The van der Waals surface area contributed by atoms with Crippen molar-refractivity contribution < 1.29 is 14.3 Å². The number of likely N-dealkylation sites (tertiary alicyclic amines) is 1. The Bertz CT molecular complexity index is 770. The fraction of sp³-hybridized carbons (Fsp3) is 0.571. The Kier molecular flexibility index (Phi) is 4.44. The average molecular weight is 369 g/mol. The van der Waals surface area contributed by atoms with E-state index in [1.807, 2.05) is 36.1 Å². The molecule has 6 nitrogen and oxygen atoms in total. The zero-order chi connectivity index (χ0) is 19.1. The molecule has 1 N–H and O–H groups in total. The van der Waals surface area contributed by atoms with E-state index in [-0.39, 0.29) is 11.8 Å². The summed E-state index contributed by atoms with van der Waals surface area (Å²) < 4.78 is 5.27. The third-order valence-electron chi connectivity index (χ3n) is 6.49. The van der Waals surface area contributed by atoms with Crippen molar-refractivity contribution in [1.29, 1.82) is 0 Å². The van der Waals surface area contributed by atoms with Gasteiger partial charge < -0.3 is 15.0 Å². The molecule has 0 aromatic heterocycles. The highest BCUT2D eigenvalue weighted by Crippen LogP contribution is 2.44. The maximum atomic E-state index is 13.6. The number of amides is 2. The summed E-state index contributed by atoms with van der Waals surface area (Å²) in [5.74, 6) is 1.68. The summed E-state index contributed by atoms with van der Waals surface area (Å²) in [4.78, 5) is 32.4. The van der Waals surface area contributed by atoms with Gasteiger partial charge in [0, 0.05) is 13.1 Å². The number of nitrogens with one attached hydrogen (secondary N) is 1. The highest BCUT2D eigenvalue weighted by Gasteiger charge is 2.49. The van der Waals surface area contributed by atoms with Crippen LogP contribution in [-0.4, -0.2) is 48.3 Å². The number of rotatable bonds is 3. The summed E-state index contributed by atoms with van der Waals surface area (Å²) in [6, 6.07) is 7.94. The Labute approximate surface area is 160 Å². The summed E-state index contributed by atoms with van der Waals surface area (Å²) in [5, 5.41) is 2.82. The first-order valence-corrected chi connectivity index (χ1v) is 9.81. The van der Waals surface area contributed by atoms with Crippen molar-refractivity contribution in [1.82, 2.24) is 10.2 Å². The Morgan fingerprint density at radius 2 is 1.74 bits per heavy atom. The SMILES string of the molecule is COc1ccc(C2(C(=O)N3CCC4(CC3)N=C(C)NC4=O)CCCC2)cc1. The molecule has 27 heavy (non-hydrogen) atoms. The second-order valence-corrected chi connectivity index (χ2v) is 7.99. The Morgan fingerprint density at radius 3 is 2.26 bits per heavy atom. The molecule has 1 aromatic rings. The van der Waals surface area contributed by atoms with Gasteiger partial charge in [0.25, 0.3) is 5.91 Å². The minimum absolute atomic E-state index is 0.0159. The number of piperidine rings is 1. The van der Waals surface area contributed by atoms with E-state index < -0.39 is 11.0 Å². The molecule has 1 saturated heterocycles. The predicted octanol–water partition coefficient (Wildman–Crippen LogP) is 2.42. The molecule has 1 saturated carbocycles. The molecule has 1 aliphatic carbocycles. The van der Waals surface area contributed by atoms with E-state index in [0.29, 0.717) is 31.8 Å². The highest BCUT2D eigenvalue weighted by atomic mass is 16.5. The number of amidine groups is 1. The van der Waals surface area contributed by atoms with Crippen LogP contribution in [0, 0.1) is 0 Å². The topological polar surface area (TPSA) is 71.0 Å². The van der Waals surface area contributed by atoms with Crippen LogP contribution in [0.1, 0.15) is 51.0 Å². The molecule has 0 bridgehead atoms. The van der Waals surface area contributed by atoms with E-state index in [1.54, 1.807) is 7.11 Å². The number of hydrogen-bond donors (Lipinski definition) is 1. The fourth-order valence-corrected chi connectivity index (χ4v) is 4.92. The van der Waals surface area contributed by atoms with Gasteiger partial charge in [-0.25, -0.2) is 0 Å². The van der Waals surface area contributed by atoms with E-state index in [9.17, 15) is 9.59 Å². The van der Waals surface area contributed by atoms with Crippen molar-refractivity contribution in [3.8, 4) is 5.75 Å². The summed E-state index contributed by atoms with van der Waals surface area (Å²) in [5.41, 5.74) is -0.0175. The van der Waals surface area contributed by atoms with Crippen LogP contribution in [0.25, 0.3) is 0 Å². The third kappa shape index (κ3) is 2.91. The lowest BCUT2D eigenvalue weighted by Gasteiger charge is -2.40. The van der Waals surface area contributed by atoms with E-state index in [0.717, 1.165) is 37.0 Å². The van der Waals surface area contributed by atoms with Crippen molar-refractivity contribution in [2.24, 2.45) is 4.99 Å². The summed E-state index contributed by atoms with van der Waals surface area (Å²) in [6.45, 7) is 2.99. The zero-order valence-electron chi connectivity index (χ0n) is 16.1. The van der Waals surface area contributed by atoms with Crippen LogP contribution in [0.4, 0.5) is 0 Å². The first kappa shape index (κ1) is 18.0. The van der Waals surface area contributed by atoms with Gasteiger partial charge in [-0.15, -0.1) is 0 Å². The minimum Gasteiger partial charge on any atom is -0.497 e. The molecule has 2 fully saturated rings. The van der Waals surface area contributed by atoms with Crippen molar-refractivity contribution in [2.45, 2.75) is 56.4 Å². The number of aliphatic imine (C=N–C) groups is 1. The molecule has 4 rings (SSSR count). The predicted molar refractivity (Wildman–Crippen MR) is 103 cm³/mol. The summed E-state index contributed by atoms with van der Waals surface area (Å²) in [7, 11) is 1.65. The van der Waals surface area contributed by atoms with Gasteiger partial charge in [0.1, 0.15) is 17.1 Å². The molecular weight excluding hydrogens is 342 g/mol. The van der Waals surface area contributed by atoms with E-state index >= 15 is 0 Å². The number of hydrogen-bond acceptors (Lipinski definition) is 4. The van der Waals surface area contributed by atoms with Crippen LogP contribution in [0.15, 0.2) is 29.3 Å². The van der Waals surface area contributed by atoms with Crippen molar-refractivity contribution in [3.63, 3.8) is 0 Å². The van der Waals surface area contributed by atoms with Crippen molar-refractivity contribution in [3.05, 3.63) is 29.8 Å². The Balaban J connectivity index is 1.54. The first-order chi connectivity index (χ1) is 13.0. The standard InChI is InChI=1S/C21H27N3O3/c1-15-22-18(25)21(23-15)11-13-24(14-12-21)19(26)20(9-3-4-10-20)16-5-7-17(27-2)8-6-16/h5-8H,3-4,9-14H2,1-2H3,(H,22,23,25). The fourth-order valence-electron chi connectivity index (χ4n) is 4.92. The lowest BCUT2D eigenvalue weighted by molar-refractivity contribution is -0.140. The quantitative estimate of drug-likeness (QED) is 0.889. The highest BCUT2D eigenvalue weighted by molar-refractivity contribution is 6.07. The van der Waals surface area contributed by atoms with E-state index in [1.165, 1.54) is 0 Å². The second-order valence-electron chi connectivity index (χ2n) is 7.99. The number of methoxy groups -OCH3 is 1. The number of carbonyl (C=O) groups excluding carboxylic acids is 2. The summed E-state index contributed by atoms with van der Waals surface area (Å²) >= 11 is 0. The van der Waals surface area contributed by atoms with Gasteiger partial charge in [-0.3, -0.25) is 14.6 Å². The number of nitrogens with zero attached hydrogens (tertiary/aromatic N) is 2. The lowest BCUT2D eigenvalue weighted by Crippen LogP contribution is -2.54. The molecule has 0 atom stereocenters. The second kappa shape index (κ2) is 6.66. The molecule has 1 spiro atoms. The van der Waals surface area contributed by atoms with Gasteiger partial charge in [0.05, 0.1) is 12.5 Å². The molecule has 2 heterocycles. The van der Waals surface area contributed by atoms with Gasteiger partial charge in [0.15, 0.2) is 0 Å². The van der Waals surface area contributed by atoms with Gasteiger partial charge in [-0.1, -0.05) is 25.0 Å². The van der Waals surface area contributed by atoms with Crippen molar-refractivity contribution >= 4 is 17.6 Å². The van der Waals surface area contributed by atoms with Crippen LogP contribution in [0.3, 0.4) is 0 Å². The van der Waals surface area contributed by atoms with E-state index in [4.69, 9.17) is 4.74 Å². The smallest absolute Gasteiger partial charge is 0.253 e. The first-order valence-electron chi connectivity index (χ1n) is 9.81. The molecule has 3 aliphatic rings. The Hall–Kier alpha value is -2.37. The molecule has 6 heteroatoms. The molecular formula is C21H27N3O3. The normalized spacial score (nSPS) is 23.3. The molecule has 2 aliphatic heterocycles. The maximum absolute atomic E-state index is 13.6. The molecule has 1 aromatic carbocycles. The number of carbonyl (C=O) groups is 2. The molecule has 0 radical (unpaired) electrons. The maximum Gasteiger partial charge on any atom is 0.253 e. The monoisotopic (exact) mass is 369 g/mol.